The summed E-state index contributed by atoms with van der Waals surface area (Å²) in [5.41, 5.74) is 2.73. The standard InChI is InChI=1S/C26H28N4O5S/c1-18-16-20(25(31)29-11-13-30(14-12-29)26(32)35-21-9-15-34-17-21)7-8-22(18)28-36(33)23-6-2-4-19-5-3-10-27-24(19)23/h2-8,10,16,21,28H,9,11-15,17H2,1H3. The maximum absolute atomic E-state index is 13.1. The lowest BCUT2D eigenvalue weighted by Crippen LogP contribution is -2.51. The van der Waals surface area contributed by atoms with Gasteiger partial charge in [-0.05, 0) is 42.8 Å². The van der Waals surface area contributed by atoms with Gasteiger partial charge in [0.25, 0.3) is 5.91 Å². The SMILES string of the molecule is Cc1cc(C(=O)N2CCN(C(=O)OC3CCOC3)CC2)ccc1NS(=O)c1cccc2cccnc12. The highest BCUT2D eigenvalue weighted by Crippen LogP contribution is 2.24. The Morgan fingerprint density at radius 2 is 1.86 bits per heavy atom. The summed E-state index contributed by atoms with van der Waals surface area (Å²) in [6.07, 6.45) is 1.87. The van der Waals surface area contributed by atoms with Crippen molar-refractivity contribution < 1.29 is 23.3 Å². The number of carbonyl (C=O) groups excluding carboxylic acids is 2. The van der Waals surface area contributed by atoms with E-state index < -0.39 is 11.0 Å². The Morgan fingerprint density at radius 3 is 2.61 bits per heavy atom. The third-order valence-electron chi connectivity index (χ3n) is 6.45. The van der Waals surface area contributed by atoms with Crippen LogP contribution in [0, 0.1) is 6.92 Å². The molecule has 0 radical (unpaired) electrons. The molecule has 2 amide bonds. The Labute approximate surface area is 212 Å². The summed E-state index contributed by atoms with van der Waals surface area (Å²) in [5, 5.41) is 0.920. The van der Waals surface area contributed by atoms with E-state index in [1.165, 1.54) is 0 Å². The highest BCUT2D eigenvalue weighted by Gasteiger charge is 2.28. The first-order chi connectivity index (χ1) is 17.5. The predicted octanol–water partition coefficient (Wildman–Crippen LogP) is 3.36. The van der Waals surface area contributed by atoms with E-state index in [-0.39, 0.29) is 18.1 Å². The molecule has 1 N–H and O–H groups in total. The lowest BCUT2D eigenvalue weighted by molar-refractivity contribution is 0.0370. The van der Waals surface area contributed by atoms with E-state index in [1.54, 1.807) is 40.3 Å². The fourth-order valence-corrected chi connectivity index (χ4v) is 5.48. The number of benzene rings is 2. The Bertz CT molecular complexity index is 1300. The summed E-state index contributed by atoms with van der Waals surface area (Å²) >= 11 is 0. The minimum absolute atomic E-state index is 0.0961. The zero-order valence-corrected chi connectivity index (χ0v) is 20.8. The number of rotatable bonds is 5. The summed E-state index contributed by atoms with van der Waals surface area (Å²) in [7, 11) is -1.52. The van der Waals surface area contributed by atoms with Crippen LogP contribution in [0.5, 0.6) is 0 Å². The van der Waals surface area contributed by atoms with Crippen molar-refractivity contribution in [2.45, 2.75) is 24.3 Å². The Balaban J connectivity index is 1.20. The number of hydrogen-bond donors (Lipinski definition) is 1. The van der Waals surface area contributed by atoms with Crippen molar-refractivity contribution in [1.82, 2.24) is 14.8 Å². The molecule has 9 nitrogen and oxygen atoms in total. The van der Waals surface area contributed by atoms with Crippen LogP contribution in [0.4, 0.5) is 10.5 Å². The first-order valence-electron chi connectivity index (χ1n) is 11.9. The fourth-order valence-electron chi connectivity index (χ4n) is 4.39. The van der Waals surface area contributed by atoms with Gasteiger partial charge in [0.05, 0.1) is 23.6 Å². The van der Waals surface area contributed by atoms with Gasteiger partial charge in [-0.2, -0.15) is 0 Å². The minimum atomic E-state index is -1.52. The molecule has 3 aromatic rings. The van der Waals surface area contributed by atoms with Gasteiger partial charge in [0.2, 0.25) is 0 Å². The number of para-hydroxylation sites is 1. The van der Waals surface area contributed by atoms with Crippen LogP contribution in [0.15, 0.2) is 59.6 Å². The number of nitrogens with one attached hydrogen (secondary N) is 1. The van der Waals surface area contributed by atoms with Crippen LogP contribution in [-0.4, -0.2) is 76.5 Å². The molecule has 0 aliphatic carbocycles. The van der Waals surface area contributed by atoms with Crippen molar-refractivity contribution in [1.29, 1.82) is 0 Å². The van der Waals surface area contributed by atoms with Crippen molar-refractivity contribution >= 4 is 39.6 Å². The second-order valence-electron chi connectivity index (χ2n) is 8.88. The Morgan fingerprint density at radius 1 is 1.08 bits per heavy atom. The smallest absolute Gasteiger partial charge is 0.410 e. The van der Waals surface area contributed by atoms with Gasteiger partial charge in [-0.25, -0.2) is 9.00 Å². The summed E-state index contributed by atoms with van der Waals surface area (Å²) in [6.45, 7) is 4.66. The molecule has 36 heavy (non-hydrogen) atoms. The minimum Gasteiger partial charge on any atom is -0.444 e. The van der Waals surface area contributed by atoms with E-state index in [4.69, 9.17) is 9.47 Å². The monoisotopic (exact) mass is 508 g/mol. The molecule has 2 aliphatic heterocycles. The molecular weight excluding hydrogens is 480 g/mol. The second-order valence-corrected chi connectivity index (χ2v) is 10.1. The zero-order valence-electron chi connectivity index (χ0n) is 20.0. The number of hydrogen-bond acceptors (Lipinski definition) is 6. The van der Waals surface area contributed by atoms with E-state index in [0.717, 1.165) is 17.4 Å². The molecule has 0 spiro atoms. The molecule has 1 aromatic heterocycles. The van der Waals surface area contributed by atoms with Gasteiger partial charge >= 0.3 is 6.09 Å². The highest BCUT2D eigenvalue weighted by atomic mass is 32.2. The summed E-state index contributed by atoms with van der Waals surface area (Å²) in [4.78, 5) is 33.8. The van der Waals surface area contributed by atoms with E-state index in [0.29, 0.717) is 61.1 Å². The van der Waals surface area contributed by atoms with Crippen LogP contribution in [0.25, 0.3) is 10.9 Å². The van der Waals surface area contributed by atoms with E-state index in [2.05, 4.69) is 9.71 Å². The maximum atomic E-state index is 13.1. The molecule has 2 aliphatic rings. The first kappa shape index (κ1) is 24.2. The normalized spacial score (nSPS) is 18.8. The molecule has 3 heterocycles. The molecule has 2 atom stereocenters. The lowest BCUT2D eigenvalue weighted by atomic mass is 10.1. The number of ether oxygens (including phenoxy) is 2. The van der Waals surface area contributed by atoms with Crippen LogP contribution in [0.3, 0.4) is 0 Å². The second kappa shape index (κ2) is 10.6. The molecule has 188 valence electrons. The number of anilines is 1. The highest BCUT2D eigenvalue weighted by molar-refractivity contribution is 7.86. The van der Waals surface area contributed by atoms with E-state index in [1.807, 2.05) is 31.2 Å². The Kier molecular flexibility index (Phi) is 7.15. The average Bonchev–Trinajstić information content (AvgIpc) is 3.42. The third kappa shape index (κ3) is 5.19. The molecule has 2 aromatic carbocycles. The maximum Gasteiger partial charge on any atom is 0.410 e. The van der Waals surface area contributed by atoms with Gasteiger partial charge in [0.15, 0.2) is 11.0 Å². The van der Waals surface area contributed by atoms with Crippen LogP contribution < -0.4 is 4.72 Å². The van der Waals surface area contributed by atoms with Crippen molar-refractivity contribution in [3.8, 4) is 0 Å². The summed E-state index contributed by atoms with van der Waals surface area (Å²) in [6, 6.07) is 14.7. The number of nitrogens with zero attached hydrogens (tertiary/aromatic N) is 3. The van der Waals surface area contributed by atoms with Crippen molar-refractivity contribution in [3.05, 3.63) is 65.9 Å². The van der Waals surface area contributed by atoms with Crippen LogP contribution in [-0.2, 0) is 20.5 Å². The molecule has 0 saturated carbocycles. The topological polar surface area (TPSA) is 101 Å². The van der Waals surface area contributed by atoms with E-state index in [9.17, 15) is 13.8 Å². The number of aromatic nitrogens is 1. The quantitative estimate of drug-likeness (QED) is 0.567. The van der Waals surface area contributed by atoms with Gasteiger partial charge in [-0.3, -0.25) is 9.78 Å². The van der Waals surface area contributed by atoms with Gasteiger partial charge in [-0.1, -0.05) is 18.2 Å². The molecule has 2 fully saturated rings. The van der Waals surface area contributed by atoms with Gasteiger partial charge in [0, 0.05) is 55.4 Å². The van der Waals surface area contributed by atoms with Crippen molar-refractivity contribution in [2.24, 2.45) is 0 Å². The largest absolute Gasteiger partial charge is 0.444 e. The summed E-state index contributed by atoms with van der Waals surface area (Å²) in [5.74, 6) is -0.0961. The average molecular weight is 509 g/mol. The molecule has 0 bridgehead atoms. The van der Waals surface area contributed by atoms with Gasteiger partial charge < -0.3 is 24.0 Å². The van der Waals surface area contributed by atoms with Crippen molar-refractivity contribution in [2.75, 3.05) is 44.1 Å². The lowest BCUT2D eigenvalue weighted by Gasteiger charge is -2.34. The summed E-state index contributed by atoms with van der Waals surface area (Å²) < 4.78 is 26.8. The van der Waals surface area contributed by atoms with E-state index >= 15 is 0 Å². The van der Waals surface area contributed by atoms with Gasteiger partial charge in [-0.15, -0.1) is 0 Å². The Hall–Kier alpha value is -3.50. The van der Waals surface area contributed by atoms with Crippen LogP contribution in [0.2, 0.25) is 0 Å². The molecule has 10 heteroatoms. The van der Waals surface area contributed by atoms with Crippen LogP contribution in [0.1, 0.15) is 22.3 Å². The molecule has 2 unspecified atom stereocenters. The number of amides is 2. The molecule has 5 rings (SSSR count). The van der Waals surface area contributed by atoms with Crippen LogP contribution >= 0.6 is 0 Å². The third-order valence-corrected chi connectivity index (χ3v) is 7.59. The number of piperazine rings is 1. The molecule has 2 saturated heterocycles. The molecular formula is C26H28N4O5S. The zero-order chi connectivity index (χ0) is 25.1. The van der Waals surface area contributed by atoms with Gasteiger partial charge in [0.1, 0.15) is 6.10 Å². The predicted molar refractivity (Wildman–Crippen MR) is 136 cm³/mol. The van der Waals surface area contributed by atoms with Crippen molar-refractivity contribution in [3.63, 3.8) is 0 Å². The fraction of sp³-hybridized carbons (Fsp3) is 0.346. The first-order valence-corrected chi connectivity index (χ1v) is 13.1. The number of aryl methyl sites for hydroxylation is 1. The number of pyridine rings is 1. The number of fused-ring (bicyclic) bond motifs is 1. The number of carbonyl (C=O) groups is 2.